The molecule has 2 aromatic rings. The van der Waals surface area contributed by atoms with E-state index < -0.39 is 14.3 Å². The van der Waals surface area contributed by atoms with Crippen molar-refractivity contribution in [1.29, 1.82) is 0 Å². The predicted molar refractivity (Wildman–Crippen MR) is 75.1 cm³/mol. The molecule has 1 unspecified atom stereocenters. The number of nitrogens with zero attached hydrogens (tertiary/aromatic N) is 3. The number of anilines is 1. The Morgan fingerprint density at radius 3 is 2.70 bits per heavy atom. The first kappa shape index (κ1) is 13.3. The van der Waals surface area contributed by atoms with E-state index in [0.29, 0.717) is 16.7 Å². The molecule has 1 amide bonds. The van der Waals surface area contributed by atoms with Gasteiger partial charge in [0.15, 0.2) is 0 Å². The number of para-hydroxylation sites is 1. The zero-order chi connectivity index (χ0) is 14.3. The number of aromatic nitrogens is 2. The lowest BCUT2D eigenvalue weighted by molar-refractivity contribution is -0.117. The quantitative estimate of drug-likeness (QED) is 0.781. The molecule has 2 heterocycles. The summed E-state index contributed by atoms with van der Waals surface area (Å²) in [5, 5.41) is -0.193. The van der Waals surface area contributed by atoms with E-state index in [-0.39, 0.29) is 18.9 Å². The number of hydrogen-bond donors (Lipinski definition) is 0. The highest BCUT2D eigenvalue weighted by Gasteiger charge is 2.39. The normalized spacial score (nSPS) is 19.8. The minimum atomic E-state index is -3.76. The van der Waals surface area contributed by atoms with E-state index in [0.717, 1.165) is 0 Å². The van der Waals surface area contributed by atoms with Crippen molar-refractivity contribution in [2.45, 2.75) is 11.7 Å². The van der Waals surface area contributed by atoms with Crippen molar-refractivity contribution in [2.75, 3.05) is 11.4 Å². The van der Waals surface area contributed by atoms with Crippen LogP contribution in [0.15, 0.2) is 30.6 Å². The van der Waals surface area contributed by atoms with Gasteiger partial charge in [0.05, 0.1) is 5.52 Å². The molecule has 1 fully saturated rings. The number of carbonyl (C=O) groups is 1. The Labute approximate surface area is 119 Å². The van der Waals surface area contributed by atoms with E-state index in [9.17, 15) is 13.2 Å². The molecule has 1 aliphatic rings. The lowest BCUT2D eigenvalue weighted by Crippen LogP contribution is -2.27. The van der Waals surface area contributed by atoms with Crippen molar-refractivity contribution in [3.8, 4) is 0 Å². The van der Waals surface area contributed by atoms with Crippen LogP contribution in [0.4, 0.5) is 5.82 Å². The zero-order valence-electron chi connectivity index (χ0n) is 10.2. The molecule has 3 rings (SSSR count). The topological polar surface area (TPSA) is 80.2 Å². The maximum Gasteiger partial charge on any atom is 0.237 e. The van der Waals surface area contributed by atoms with E-state index in [1.54, 1.807) is 12.1 Å². The molecule has 1 aromatic carbocycles. The van der Waals surface area contributed by atoms with Gasteiger partial charge in [0, 0.05) is 29.0 Å². The number of amides is 1. The first-order chi connectivity index (χ1) is 9.47. The van der Waals surface area contributed by atoms with Gasteiger partial charge in [0.2, 0.25) is 15.0 Å². The largest absolute Gasteiger partial charge is 0.295 e. The summed E-state index contributed by atoms with van der Waals surface area (Å²) < 4.78 is 22.7. The van der Waals surface area contributed by atoms with Gasteiger partial charge >= 0.3 is 0 Å². The third-order valence-corrected chi connectivity index (χ3v) is 5.13. The fraction of sp³-hybridized carbons (Fsp3) is 0.250. The molecule has 8 heteroatoms. The Balaban J connectivity index is 2.06. The second kappa shape index (κ2) is 4.68. The van der Waals surface area contributed by atoms with Crippen molar-refractivity contribution >= 4 is 42.4 Å². The lowest BCUT2D eigenvalue weighted by Gasteiger charge is -2.16. The molecule has 104 valence electrons. The third-order valence-electron chi connectivity index (χ3n) is 3.27. The molecule has 0 radical (unpaired) electrons. The van der Waals surface area contributed by atoms with Gasteiger partial charge in [-0.25, -0.2) is 18.4 Å². The number of benzene rings is 1. The van der Waals surface area contributed by atoms with Crippen molar-refractivity contribution in [3.05, 3.63) is 30.6 Å². The van der Waals surface area contributed by atoms with Crippen LogP contribution in [0.1, 0.15) is 6.42 Å². The third kappa shape index (κ3) is 2.23. The van der Waals surface area contributed by atoms with E-state index in [2.05, 4.69) is 9.97 Å². The summed E-state index contributed by atoms with van der Waals surface area (Å²) >= 11 is 0. The van der Waals surface area contributed by atoms with Crippen molar-refractivity contribution in [2.24, 2.45) is 0 Å². The molecule has 1 aliphatic heterocycles. The number of fused-ring (bicyclic) bond motifs is 1. The molecular weight excluding hydrogens is 302 g/mol. The Hall–Kier alpha value is -1.73. The number of halogens is 1. The van der Waals surface area contributed by atoms with Crippen LogP contribution >= 0.6 is 10.7 Å². The fourth-order valence-electron chi connectivity index (χ4n) is 2.27. The fourth-order valence-corrected chi connectivity index (χ4v) is 3.30. The van der Waals surface area contributed by atoms with Crippen LogP contribution in [-0.2, 0) is 13.8 Å². The van der Waals surface area contributed by atoms with Crippen LogP contribution in [-0.4, -0.2) is 36.1 Å². The van der Waals surface area contributed by atoms with Gasteiger partial charge in [0.25, 0.3) is 0 Å². The lowest BCUT2D eigenvalue weighted by atomic mass is 10.2. The average molecular weight is 312 g/mol. The van der Waals surface area contributed by atoms with Crippen molar-refractivity contribution in [3.63, 3.8) is 0 Å². The minimum absolute atomic E-state index is 0.0195. The zero-order valence-corrected chi connectivity index (χ0v) is 11.8. The van der Waals surface area contributed by atoms with Crippen LogP contribution < -0.4 is 4.90 Å². The first-order valence-corrected chi connectivity index (χ1v) is 8.27. The van der Waals surface area contributed by atoms with E-state index in [1.165, 1.54) is 11.2 Å². The summed E-state index contributed by atoms with van der Waals surface area (Å²) in [7, 11) is 1.57. The monoisotopic (exact) mass is 311 g/mol. The summed E-state index contributed by atoms with van der Waals surface area (Å²) in [6.45, 7) is 0.0195. The maximum atomic E-state index is 12.0. The van der Waals surface area contributed by atoms with Gasteiger partial charge in [0.1, 0.15) is 17.4 Å². The summed E-state index contributed by atoms with van der Waals surface area (Å²) in [6.07, 6.45) is 1.23. The van der Waals surface area contributed by atoms with Gasteiger partial charge in [-0.3, -0.25) is 9.69 Å². The number of carbonyl (C=O) groups excluding carboxylic acids is 1. The molecular formula is C12H10ClN3O3S. The van der Waals surface area contributed by atoms with Crippen molar-refractivity contribution in [1.82, 2.24) is 9.97 Å². The Bertz CT molecular complexity index is 788. The molecule has 0 bridgehead atoms. The smallest absolute Gasteiger partial charge is 0.237 e. The first-order valence-electron chi connectivity index (χ1n) is 5.90. The molecule has 0 spiro atoms. The SMILES string of the molecule is O=C1CC(S(=O)(=O)Cl)CN1c1ncnc2ccccc12. The molecule has 0 aliphatic carbocycles. The van der Waals surface area contributed by atoms with Gasteiger partial charge in [-0.05, 0) is 12.1 Å². The second-order valence-electron chi connectivity index (χ2n) is 4.52. The molecule has 0 N–H and O–H groups in total. The Morgan fingerprint density at radius 2 is 2.00 bits per heavy atom. The molecule has 1 aromatic heterocycles. The standard InChI is InChI=1S/C12H10ClN3O3S/c13-20(18,19)8-5-11(17)16(6-8)12-9-3-1-2-4-10(9)14-7-15-12/h1-4,7-8H,5-6H2. The molecule has 1 atom stereocenters. The van der Waals surface area contributed by atoms with Crippen LogP contribution in [0.25, 0.3) is 10.9 Å². The van der Waals surface area contributed by atoms with Crippen LogP contribution in [0, 0.1) is 0 Å². The second-order valence-corrected chi connectivity index (χ2v) is 7.43. The summed E-state index contributed by atoms with van der Waals surface area (Å²) in [5.41, 5.74) is 0.697. The van der Waals surface area contributed by atoms with Crippen LogP contribution in [0.2, 0.25) is 0 Å². The highest BCUT2D eigenvalue weighted by molar-refractivity contribution is 8.14. The Kier molecular flexibility index (Phi) is 3.10. The van der Waals surface area contributed by atoms with Crippen LogP contribution in [0.5, 0.6) is 0 Å². The minimum Gasteiger partial charge on any atom is -0.295 e. The van der Waals surface area contributed by atoms with Gasteiger partial charge in [-0.2, -0.15) is 0 Å². The number of hydrogen-bond acceptors (Lipinski definition) is 5. The molecule has 20 heavy (non-hydrogen) atoms. The molecule has 0 saturated carbocycles. The summed E-state index contributed by atoms with van der Waals surface area (Å²) in [4.78, 5) is 21.6. The summed E-state index contributed by atoms with van der Waals surface area (Å²) in [5.74, 6) is 0.117. The highest BCUT2D eigenvalue weighted by Crippen LogP contribution is 2.29. The van der Waals surface area contributed by atoms with Crippen LogP contribution in [0.3, 0.4) is 0 Å². The van der Waals surface area contributed by atoms with Gasteiger partial charge in [-0.15, -0.1) is 0 Å². The molecule has 6 nitrogen and oxygen atoms in total. The van der Waals surface area contributed by atoms with E-state index in [4.69, 9.17) is 10.7 Å². The van der Waals surface area contributed by atoms with Crippen molar-refractivity contribution < 1.29 is 13.2 Å². The number of rotatable bonds is 2. The maximum absolute atomic E-state index is 12.0. The van der Waals surface area contributed by atoms with Gasteiger partial charge in [-0.1, -0.05) is 12.1 Å². The Morgan fingerprint density at radius 1 is 1.25 bits per heavy atom. The molecule has 1 saturated heterocycles. The predicted octanol–water partition coefficient (Wildman–Crippen LogP) is 1.30. The average Bonchev–Trinajstić information content (AvgIpc) is 2.80. The highest BCUT2D eigenvalue weighted by atomic mass is 35.7. The van der Waals surface area contributed by atoms with E-state index >= 15 is 0 Å². The summed E-state index contributed by atoms with van der Waals surface area (Å²) in [6, 6.07) is 7.24. The van der Waals surface area contributed by atoms with Gasteiger partial charge < -0.3 is 0 Å². The van der Waals surface area contributed by atoms with E-state index in [1.807, 2.05) is 12.1 Å².